The minimum absolute atomic E-state index is 0.0305. The van der Waals surface area contributed by atoms with Crippen LogP contribution in [0, 0.1) is 18.5 Å². The third-order valence-corrected chi connectivity index (χ3v) is 6.51. The number of hydrogen-bond donors (Lipinski definition) is 1. The fraction of sp³-hybridized carbons (Fsp3) is 0.100. The molecule has 0 radical (unpaired) electrons. The third-order valence-electron chi connectivity index (χ3n) is 4.00. The maximum Gasteiger partial charge on any atom is 0.341 e. The fourth-order valence-corrected chi connectivity index (χ4v) is 5.63. The highest BCUT2D eigenvalue weighted by Crippen LogP contribution is 2.35. The van der Waals surface area contributed by atoms with Crippen LogP contribution in [0.2, 0.25) is 0 Å². The highest BCUT2D eigenvalue weighted by Gasteiger charge is 2.35. The van der Waals surface area contributed by atoms with Gasteiger partial charge in [-0.25, -0.2) is 4.79 Å². The summed E-state index contributed by atoms with van der Waals surface area (Å²) in [7, 11) is 0. The first-order valence-corrected chi connectivity index (χ1v) is 11.3. The lowest BCUT2D eigenvalue weighted by Gasteiger charge is -2.13. The van der Waals surface area contributed by atoms with Crippen LogP contribution in [0.5, 0.6) is 5.75 Å². The zero-order valence-electron chi connectivity index (χ0n) is 15.1. The zero-order chi connectivity index (χ0) is 21.8. The van der Waals surface area contributed by atoms with Crippen LogP contribution in [0.4, 0.5) is 4.79 Å². The first kappa shape index (κ1) is 22.6. The molecule has 152 valence electrons. The Balaban J connectivity index is 1.83. The summed E-state index contributed by atoms with van der Waals surface area (Å²) in [5.74, 6) is -1.04. The summed E-state index contributed by atoms with van der Waals surface area (Å²) in [4.78, 5) is 37.3. The normalized spacial score (nSPS) is 14.8. The molecule has 1 fully saturated rings. The van der Waals surface area contributed by atoms with Crippen LogP contribution in [-0.4, -0.2) is 33.7 Å². The molecule has 1 saturated heterocycles. The van der Waals surface area contributed by atoms with Gasteiger partial charge in [0.1, 0.15) is 5.75 Å². The molecule has 0 unspecified atom stereocenters. The topological polar surface area (TPSA) is 108 Å². The van der Waals surface area contributed by atoms with Crippen molar-refractivity contribution in [2.45, 2.75) is 6.54 Å². The molecule has 3 rings (SSSR count). The Morgan fingerprint density at radius 2 is 1.90 bits per heavy atom. The molecular weight excluding hydrogens is 634 g/mol. The Morgan fingerprint density at radius 1 is 1.23 bits per heavy atom. The van der Waals surface area contributed by atoms with Crippen molar-refractivity contribution in [3.8, 4) is 11.8 Å². The second kappa shape index (κ2) is 9.80. The van der Waals surface area contributed by atoms with Crippen LogP contribution >= 0.6 is 56.9 Å². The Bertz CT molecular complexity index is 1100. The van der Waals surface area contributed by atoms with E-state index in [0.717, 1.165) is 16.7 Å². The number of carbonyl (C=O) groups excluding carboxylic acids is 2. The number of nitriles is 1. The van der Waals surface area contributed by atoms with Crippen molar-refractivity contribution >= 4 is 80.1 Å². The maximum atomic E-state index is 12.8. The van der Waals surface area contributed by atoms with E-state index >= 15 is 0 Å². The highest BCUT2D eigenvalue weighted by molar-refractivity contribution is 14.1. The number of nitrogens with zero attached hydrogens (tertiary/aromatic N) is 2. The SMILES string of the molecule is N#Cc1ccccc1CN1C(=O)S/C(=C/c2cc(I)c(OCC(=O)O)c(I)c2)C1=O. The van der Waals surface area contributed by atoms with Crippen molar-refractivity contribution in [3.63, 3.8) is 0 Å². The van der Waals surface area contributed by atoms with E-state index in [0.29, 0.717) is 29.6 Å². The lowest BCUT2D eigenvalue weighted by Crippen LogP contribution is -2.27. The van der Waals surface area contributed by atoms with E-state index in [4.69, 9.17) is 9.84 Å². The number of ether oxygens (including phenoxy) is 1. The molecule has 0 bridgehead atoms. The van der Waals surface area contributed by atoms with Crippen LogP contribution in [0.25, 0.3) is 6.08 Å². The Kier molecular flexibility index (Phi) is 7.37. The van der Waals surface area contributed by atoms with Gasteiger partial charge in [-0.15, -0.1) is 0 Å². The molecule has 0 saturated carbocycles. The Morgan fingerprint density at radius 3 is 2.53 bits per heavy atom. The lowest BCUT2D eigenvalue weighted by atomic mass is 10.1. The highest BCUT2D eigenvalue weighted by atomic mass is 127. The molecular formula is C20H12I2N2O5S. The number of hydrogen-bond acceptors (Lipinski definition) is 6. The van der Waals surface area contributed by atoms with E-state index in [1.54, 1.807) is 42.5 Å². The molecule has 0 aliphatic carbocycles. The van der Waals surface area contributed by atoms with Gasteiger partial charge >= 0.3 is 5.97 Å². The number of thioether (sulfide) groups is 1. The summed E-state index contributed by atoms with van der Waals surface area (Å²) in [6, 6.07) is 12.4. The van der Waals surface area contributed by atoms with Gasteiger partial charge in [-0.1, -0.05) is 18.2 Å². The standard InChI is InChI=1S/C20H12I2N2O5S/c21-14-5-11(6-15(22)18(14)29-10-17(25)26)7-16-19(27)24(20(28)30-16)9-13-4-2-1-3-12(13)8-23/h1-7H,9-10H2,(H,25,26)/b16-7+. The average molecular weight is 646 g/mol. The van der Waals surface area contributed by atoms with E-state index in [9.17, 15) is 19.6 Å². The summed E-state index contributed by atoms with van der Waals surface area (Å²) in [5.41, 5.74) is 1.71. The molecule has 0 spiro atoms. The van der Waals surface area contributed by atoms with Crippen LogP contribution in [0.3, 0.4) is 0 Å². The molecule has 1 N–H and O–H groups in total. The van der Waals surface area contributed by atoms with Crippen molar-refractivity contribution in [3.05, 3.63) is 65.1 Å². The summed E-state index contributed by atoms with van der Waals surface area (Å²) in [6.07, 6.45) is 1.62. The van der Waals surface area contributed by atoms with Crippen LogP contribution in [0.15, 0.2) is 41.3 Å². The van der Waals surface area contributed by atoms with E-state index in [-0.39, 0.29) is 11.4 Å². The molecule has 2 amide bonds. The van der Waals surface area contributed by atoms with E-state index in [1.807, 2.05) is 45.2 Å². The van der Waals surface area contributed by atoms with Gasteiger partial charge in [0.15, 0.2) is 6.61 Å². The maximum absolute atomic E-state index is 12.8. The number of aliphatic carboxylic acids is 1. The molecule has 1 aliphatic rings. The van der Waals surface area contributed by atoms with Gasteiger partial charge in [0.2, 0.25) is 0 Å². The minimum atomic E-state index is -1.07. The van der Waals surface area contributed by atoms with E-state index < -0.39 is 23.7 Å². The average Bonchev–Trinajstić information content (AvgIpc) is 2.95. The van der Waals surface area contributed by atoms with Crippen molar-refractivity contribution < 1.29 is 24.2 Å². The van der Waals surface area contributed by atoms with Crippen LogP contribution < -0.4 is 4.74 Å². The van der Waals surface area contributed by atoms with Crippen LogP contribution in [-0.2, 0) is 16.1 Å². The van der Waals surface area contributed by atoms with Gasteiger partial charge in [0.05, 0.1) is 30.2 Å². The van der Waals surface area contributed by atoms with Crippen molar-refractivity contribution in [2.75, 3.05) is 6.61 Å². The van der Waals surface area contributed by atoms with Gasteiger partial charge in [0, 0.05) is 0 Å². The summed E-state index contributed by atoms with van der Waals surface area (Å²) >= 11 is 4.90. The number of carboxylic acids is 1. The first-order valence-electron chi connectivity index (χ1n) is 8.37. The van der Waals surface area contributed by atoms with Crippen LogP contribution in [0.1, 0.15) is 16.7 Å². The number of rotatable bonds is 6. The molecule has 0 atom stereocenters. The first-order chi connectivity index (χ1) is 14.3. The minimum Gasteiger partial charge on any atom is -0.480 e. The van der Waals surface area contributed by atoms with Gasteiger partial charge in [-0.3, -0.25) is 14.5 Å². The monoisotopic (exact) mass is 646 g/mol. The van der Waals surface area contributed by atoms with Gasteiger partial charge in [0.25, 0.3) is 11.1 Å². The number of amides is 2. The molecule has 10 heteroatoms. The van der Waals surface area contributed by atoms with Crippen molar-refractivity contribution in [1.29, 1.82) is 5.26 Å². The summed E-state index contributed by atoms with van der Waals surface area (Å²) < 4.78 is 6.68. The molecule has 7 nitrogen and oxygen atoms in total. The van der Waals surface area contributed by atoms with Gasteiger partial charge in [-0.05, 0) is 92.3 Å². The fourth-order valence-electron chi connectivity index (χ4n) is 2.66. The number of imide groups is 1. The third kappa shape index (κ3) is 5.13. The predicted molar refractivity (Wildman–Crippen MR) is 128 cm³/mol. The predicted octanol–water partition coefficient (Wildman–Crippen LogP) is 4.47. The van der Waals surface area contributed by atoms with Gasteiger partial charge in [-0.2, -0.15) is 5.26 Å². The number of carbonyl (C=O) groups is 3. The van der Waals surface area contributed by atoms with E-state index in [1.165, 1.54) is 0 Å². The molecule has 0 aromatic heterocycles. The summed E-state index contributed by atoms with van der Waals surface area (Å²) in [5, 5.41) is 17.6. The number of halogens is 2. The van der Waals surface area contributed by atoms with Crippen molar-refractivity contribution in [1.82, 2.24) is 4.90 Å². The quantitative estimate of drug-likeness (QED) is 0.365. The largest absolute Gasteiger partial charge is 0.480 e. The zero-order valence-corrected chi connectivity index (χ0v) is 20.2. The molecule has 1 heterocycles. The molecule has 2 aromatic rings. The lowest BCUT2D eigenvalue weighted by molar-refractivity contribution is -0.139. The molecule has 30 heavy (non-hydrogen) atoms. The Labute approximate surface area is 203 Å². The second-order valence-corrected chi connectivity index (χ2v) is 9.35. The Hall–Kier alpha value is -2.11. The van der Waals surface area contributed by atoms with Gasteiger partial charge < -0.3 is 9.84 Å². The smallest absolute Gasteiger partial charge is 0.341 e. The molecule has 1 aliphatic heterocycles. The molecule has 2 aromatic carbocycles. The van der Waals surface area contributed by atoms with E-state index in [2.05, 4.69) is 6.07 Å². The summed E-state index contributed by atoms with van der Waals surface area (Å²) in [6.45, 7) is -0.419. The number of carboxylic acid groups (broad SMARTS) is 1. The second-order valence-electron chi connectivity index (χ2n) is 6.03. The number of benzene rings is 2. The van der Waals surface area contributed by atoms with Crippen molar-refractivity contribution in [2.24, 2.45) is 0 Å².